The van der Waals surface area contributed by atoms with E-state index in [0.717, 1.165) is 0 Å². The molecule has 20 heavy (non-hydrogen) atoms. The fraction of sp³-hybridized carbons (Fsp3) is 0.500. The fourth-order valence-corrected chi connectivity index (χ4v) is 3.25. The Morgan fingerprint density at radius 2 is 2.15 bits per heavy atom. The number of nitriles is 1. The second kappa shape index (κ2) is 6.08. The molecular weight excluding hydrogens is 346 g/mol. The van der Waals surface area contributed by atoms with Crippen LogP contribution >= 0.6 is 15.9 Å². The lowest BCUT2D eigenvalue weighted by Crippen LogP contribution is -2.41. The Balaban J connectivity index is 2.02. The number of hydrogen-bond acceptors (Lipinski definition) is 5. The Bertz CT molecular complexity index is 634. The van der Waals surface area contributed by atoms with Crippen LogP contribution in [0.15, 0.2) is 16.7 Å². The summed E-state index contributed by atoms with van der Waals surface area (Å²) < 4.78 is 30.7. The maximum Gasteiger partial charge on any atom is 0.231 e. The van der Waals surface area contributed by atoms with E-state index in [0.29, 0.717) is 41.8 Å². The van der Waals surface area contributed by atoms with Gasteiger partial charge < -0.3 is 4.74 Å². The molecule has 0 aliphatic carbocycles. The topological polar surface area (TPSA) is 83.3 Å². The Morgan fingerprint density at radius 3 is 2.70 bits per heavy atom. The molecule has 8 heteroatoms. The number of hydrogen-bond donors (Lipinski definition) is 0. The summed E-state index contributed by atoms with van der Waals surface area (Å²) in [6.07, 6.45) is 3.85. The molecule has 0 spiro atoms. The van der Waals surface area contributed by atoms with Crippen molar-refractivity contribution in [2.45, 2.75) is 18.9 Å². The molecular formula is C12H14BrN3O3S. The molecule has 0 N–H and O–H groups in total. The van der Waals surface area contributed by atoms with Crippen molar-refractivity contribution in [2.75, 3.05) is 19.3 Å². The number of ether oxygens (including phenoxy) is 1. The molecule has 0 radical (unpaired) electrons. The summed E-state index contributed by atoms with van der Waals surface area (Å²) in [4.78, 5) is 4.09. The standard InChI is InChI=1S/C12H14BrN3O3S/c1-20(17,18)16-4-2-11(3-5-16)19-12-9(7-14)6-10(13)8-15-12/h6,8,11H,2-5H2,1H3. The van der Waals surface area contributed by atoms with Gasteiger partial charge in [0.2, 0.25) is 15.9 Å². The number of pyridine rings is 1. The number of sulfonamides is 1. The van der Waals surface area contributed by atoms with Crippen molar-refractivity contribution in [1.29, 1.82) is 5.26 Å². The molecule has 1 aliphatic heterocycles. The van der Waals surface area contributed by atoms with Gasteiger partial charge in [-0.25, -0.2) is 17.7 Å². The van der Waals surface area contributed by atoms with E-state index in [9.17, 15) is 8.42 Å². The Labute approximate surface area is 126 Å². The molecule has 1 aromatic rings. The van der Waals surface area contributed by atoms with E-state index >= 15 is 0 Å². The van der Waals surface area contributed by atoms with Gasteiger partial charge in [-0.3, -0.25) is 0 Å². The first-order chi connectivity index (χ1) is 9.40. The van der Waals surface area contributed by atoms with Gasteiger partial charge in [-0.15, -0.1) is 0 Å². The minimum Gasteiger partial charge on any atom is -0.473 e. The van der Waals surface area contributed by atoms with Gasteiger partial charge in [-0.2, -0.15) is 5.26 Å². The van der Waals surface area contributed by atoms with E-state index in [1.54, 1.807) is 12.3 Å². The lowest BCUT2D eigenvalue weighted by molar-refractivity contribution is 0.130. The highest BCUT2D eigenvalue weighted by Gasteiger charge is 2.26. The maximum absolute atomic E-state index is 11.4. The van der Waals surface area contributed by atoms with Crippen LogP contribution in [0.2, 0.25) is 0 Å². The van der Waals surface area contributed by atoms with Gasteiger partial charge in [0, 0.05) is 23.8 Å². The summed E-state index contributed by atoms with van der Waals surface area (Å²) >= 11 is 3.25. The highest BCUT2D eigenvalue weighted by molar-refractivity contribution is 9.10. The number of piperidine rings is 1. The van der Waals surface area contributed by atoms with Crippen LogP contribution in [-0.4, -0.2) is 43.2 Å². The number of halogens is 1. The third-order valence-corrected chi connectivity index (χ3v) is 4.82. The summed E-state index contributed by atoms with van der Waals surface area (Å²) in [6.45, 7) is 0.865. The molecule has 0 unspecified atom stereocenters. The number of aromatic nitrogens is 1. The molecule has 0 aromatic carbocycles. The van der Waals surface area contributed by atoms with Gasteiger partial charge in [-0.1, -0.05) is 0 Å². The third kappa shape index (κ3) is 3.69. The molecule has 2 heterocycles. The van der Waals surface area contributed by atoms with Crippen LogP contribution in [0.25, 0.3) is 0 Å². The number of rotatable bonds is 3. The maximum atomic E-state index is 11.4. The van der Waals surface area contributed by atoms with Gasteiger partial charge in [0.1, 0.15) is 17.7 Å². The first-order valence-corrected chi connectivity index (χ1v) is 8.71. The highest BCUT2D eigenvalue weighted by atomic mass is 79.9. The van der Waals surface area contributed by atoms with Crippen molar-refractivity contribution in [2.24, 2.45) is 0 Å². The van der Waals surface area contributed by atoms with Crippen molar-refractivity contribution in [3.05, 3.63) is 22.3 Å². The van der Waals surface area contributed by atoms with E-state index in [4.69, 9.17) is 10.00 Å². The van der Waals surface area contributed by atoms with Gasteiger partial charge >= 0.3 is 0 Å². The van der Waals surface area contributed by atoms with E-state index in [1.165, 1.54) is 10.6 Å². The lowest BCUT2D eigenvalue weighted by Gasteiger charge is -2.30. The quantitative estimate of drug-likeness (QED) is 0.816. The van der Waals surface area contributed by atoms with Gasteiger partial charge in [0.15, 0.2) is 0 Å². The first-order valence-electron chi connectivity index (χ1n) is 6.07. The SMILES string of the molecule is CS(=O)(=O)N1CCC(Oc2ncc(Br)cc2C#N)CC1. The van der Waals surface area contributed by atoms with Crippen LogP contribution in [0.3, 0.4) is 0 Å². The van der Waals surface area contributed by atoms with E-state index < -0.39 is 10.0 Å². The molecule has 0 atom stereocenters. The fourth-order valence-electron chi connectivity index (χ4n) is 2.04. The van der Waals surface area contributed by atoms with Gasteiger partial charge in [0.25, 0.3) is 0 Å². The van der Waals surface area contributed by atoms with Crippen molar-refractivity contribution >= 4 is 26.0 Å². The predicted octanol–water partition coefficient (Wildman–Crippen LogP) is 1.52. The monoisotopic (exact) mass is 359 g/mol. The molecule has 0 amide bonds. The molecule has 0 bridgehead atoms. The predicted molar refractivity (Wildman–Crippen MR) is 76.7 cm³/mol. The molecule has 1 fully saturated rings. The average molecular weight is 360 g/mol. The van der Waals surface area contributed by atoms with Gasteiger partial charge in [0.05, 0.1) is 6.26 Å². The lowest BCUT2D eigenvalue weighted by atomic mass is 10.1. The molecule has 108 valence electrons. The van der Waals surface area contributed by atoms with Crippen LogP contribution in [0, 0.1) is 11.3 Å². The van der Waals surface area contributed by atoms with Crippen LogP contribution in [-0.2, 0) is 10.0 Å². The van der Waals surface area contributed by atoms with Crippen molar-refractivity contribution in [3.8, 4) is 11.9 Å². The molecule has 1 saturated heterocycles. The highest BCUT2D eigenvalue weighted by Crippen LogP contribution is 2.23. The van der Waals surface area contributed by atoms with Gasteiger partial charge in [-0.05, 0) is 34.8 Å². The third-order valence-electron chi connectivity index (χ3n) is 3.09. The summed E-state index contributed by atoms with van der Waals surface area (Å²) in [5.41, 5.74) is 0.366. The summed E-state index contributed by atoms with van der Waals surface area (Å²) in [5.74, 6) is 0.300. The molecule has 1 aliphatic rings. The van der Waals surface area contributed by atoms with Crippen molar-refractivity contribution in [3.63, 3.8) is 0 Å². The van der Waals surface area contributed by atoms with Crippen LogP contribution in [0.1, 0.15) is 18.4 Å². The van der Waals surface area contributed by atoms with Crippen LogP contribution in [0.4, 0.5) is 0 Å². The normalized spacial score (nSPS) is 17.6. The van der Waals surface area contributed by atoms with E-state index in [-0.39, 0.29) is 6.10 Å². The molecule has 6 nitrogen and oxygen atoms in total. The summed E-state index contributed by atoms with van der Waals surface area (Å²) in [7, 11) is -3.14. The second-order valence-electron chi connectivity index (χ2n) is 4.60. The zero-order valence-corrected chi connectivity index (χ0v) is 13.3. The summed E-state index contributed by atoms with van der Waals surface area (Å²) in [6, 6.07) is 3.68. The minimum atomic E-state index is -3.14. The zero-order valence-electron chi connectivity index (χ0n) is 10.9. The van der Waals surface area contributed by atoms with Crippen molar-refractivity contribution < 1.29 is 13.2 Å². The molecule has 2 rings (SSSR count). The van der Waals surface area contributed by atoms with Crippen molar-refractivity contribution in [1.82, 2.24) is 9.29 Å². The molecule has 0 saturated carbocycles. The average Bonchev–Trinajstić information content (AvgIpc) is 2.40. The Hall–Kier alpha value is -1.17. The first kappa shape index (κ1) is 15.2. The largest absolute Gasteiger partial charge is 0.473 e. The van der Waals surface area contributed by atoms with E-state index in [1.807, 2.05) is 6.07 Å². The van der Waals surface area contributed by atoms with Crippen LogP contribution in [0.5, 0.6) is 5.88 Å². The molecule has 1 aromatic heterocycles. The zero-order chi connectivity index (χ0) is 14.8. The smallest absolute Gasteiger partial charge is 0.231 e. The summed E-state index contributed by atoms with van der Waals surface area (Å²) in [5, 5.41) is 9.04. The van der Waals surface area contributed by atoms with E-state index in [2.05, 4.69) is 20.9 Å². The Kier molecular flexibility index (Phi) is 4.62. The Morgan fingerprint density at radius 1 is 1.50 bits per heavy atom. The number of nitrogens with zero attached hydrogens (tertiary/aromatic N) is 3. The second-order valence-corrected chi connectivity index (χ2v) is 7.50. The minimum absolute atomic E-state index is 0.117. The van der Waals surface area contributed by atoms with Crippen LogP contribution < -0.4 is 4.74 Å².